The van der Waals surface area contributed by atoms with E-state index in [4.69, 9.17) is 6.58 Å². The molecule has 0 heterocycles. The fourth-order valence-electron chi connectivity index (χ4n) is 8.99. The summed E-state index contributed by atoms with van der Waals surface area (Å²) in [4.78, 5) is 0. The molecule has 0 aromatic rings. The zero-order valence-corrected chi connectivity index (χ0v) is 18.2. The molecule has 4 rings (SSSR count). The van der Waals surface area contributed by atoms with Gasteiger partial charge in [-0.15, -0.1) is 0 Å². The third-order valence-corrected chi connectivity index (χ3v) is 10.4. The van der Waals surface area contributed by atoms with Crippen LogP contribution in [0.2, 0.25) is 0 Å². The van der Waals surface area contributed by atoms with Crippen LogP contribution in [0.5, 0.6) is 0 Å². The SMILES string of the molecule is C=C1C2C3CCC(CCCC)C3(C)CCC2C2(C)CCCCC2[C@H]1CC. The average Bonchev–Trinajstić information content (AvgIpc) is 2.97. The number of hydrogen-bond donors (Lipinski definition) is 0. The fourth-order valence-corrected chi connectivity index (χ4v) is 8.99. The van der Waals surface area contributed by atoms with Crippen LogP contribution in [0, 0.1) is 46.3 Å². The van der Waals surface area contributed by atoms with Gasteiger partial charge in [-0.3, -0.25) is 0 Å². The number of unbranched alkanes of at least 4 members (excludes halogenated alkanes) is 1. The van der Waals surface area contributed by atoms with Crippen LogP contribution in [0.1, 0.15) is 105 Å². The first-order chi connectivity index (χ1) is 12.5. The van der Waals surface area contributed by atoms with Gasteiger partial charge in [0.2, 0.25) is 0 Å². The van der Waals surface area contributed by atoms with Crippen molar-refractivity contribution in [2.45, 2.75) is 105 Å². The molecular weight excluding hydrogens is 312 g/mol. The van der Waals surface area contributed by atoms with Gasteiger partial charge in [-0.2, -0.15) is 0 Å². The summed E-state index contributed by atoms with van der Waals surface area (Å²) in [6, 6.07) is 0. The molecule has 148 valence electrons. The predicted molar refractivity (Wildman–Crippen MR) is 113 cm³/mol. The molecule has 0 spiro atoms. The van der Waals surface area contributed by atoms with E-state index in [1.54, 1.807) is 5.57 Å². The molecule has 0 aromatic heterocycles. The molecular formula is C26H44. The van der Waals surface area contributed by atoms with E-state index in [1.165, 1.54) is 77.0 Å². The highest BCUT2D eigenvalue weighted by Gasteiger charge is 2.62. The van der Waals surface area contributed by atoms with Gasteiger partial charge < -0.3 is 0 Å². The van der Waals surface area contributed by atoms with Crippen LogP contribution >= 0.6 is 0 Å². The first-order valence-corrected chi connectivity index (χ1v) is 12.2. The van der Waals surface area contributed by atoms with Crippen LogP contribution in [0.25, 0.3) is 0 Å². The summed E-state index contributed by atoms with van der Waals surface area (Å²) in [6.07, 6.45) is 17.6. The molecule has 4 aliphatic rings. The van der Waals surface area contributed by atoms with Crippen LogP contribution in [0.15, 0.2) is 12.2 Å². The smallest absolute Gasteiger partial charge is 0.0136 e. The predicted octanol–water partition coefficient (Wildman–Crippen LogP) is 8.03. The molecule has 26 heavy (non-hydrogen) atoms. The van der Waals surface area contributed by atoms with Gasteiger partial charge in [0, 0.05) is 0 Å². The van der Waals surface area contributed by atoms with E-state index in [0.29, 0.717) is 10.8 Å². The highest BCUT2D eigenvalue weighted by atomic mass is 14.7. The third-order valence-electron chi connectivity index (χ3n) is 10.4. The van der Waals surface area contributed by atoms with Crippen molar-refractivity contribution in [1.29, 1.82) is 0 Å². The second-order valence-corrected chi connectivity index (χ2v) is 11.1. The van der Waals surface area contributed by atoms with E-state index in [0.717, 1.165) is 35.5 Å². The van der Waals surface area contributed by atoms with E-state index in [2.05, 4.69) is 27.7 Å². The maximum atomic E-state index is 4.85. The van der Waals surface area contributed by atoms with E-state index in [1.807, 2.05) is 0 Å². The largest absolute Gasteiger partial charge is 0.0993 e. The molecule has 0 N–H and O–H groups in total. The summed E-state index contributed by atoms with van der Waals surface area (Å²) in [5.74, 6) is 5.51. The molecule has 0 radical (unpaired) electrons. The molecule has 0 aliphatic heterocycles. The summed E-state index contributed by atoms with van der Waals surface area (Å²) >= 11 is 0. The number of rotatable bonds is 4. The Kier molecular flexibility index (Phi) is 5.11. The average molecular weight is 357 g/mol. The Hall–Kier alpha value is -0.260. The monoisotopic (exact) mass is 356 g/mol. The molecule has 7 unspecified atom stereocenters. The Morgan fingerprint density at radius 1 is 0.885 bits per heavy atom. The quantitative estimate of drug-likeness (QED) is 0.447. The number of hydrogen-bond acceptors (Lipinski definition) is 0. The van der Waals surface area contributed by atoms with Crippen molar-refractivity contribution in [2.75, 3.05) is 0 Å². The van der Waals surface area contributed by atoms with E-state index in [-0.39, 0.29) is 0 Å². The van der Waals surface area contributed by atoms with Crippen molar-refractivity contribution in [2.24, 2.45) is 46.3 Å². The lowest BCUT2D eigenvalue weighted by Gasteiger charge is -2.63. The van der Waals surface area contributed by atoms with Gasteiger partial charge in [0.25, 0.3) is 0 Å². The topological polar surface area (TPSA) is 0 Å². The van der Waals surface area contributed by atoms with E-state index in [9.17, 15) is 0 Å². The zero-order chi connectivity index (χ0) is 18.5. The van der Waals surface area contributed by atoms with Crippen molar-refractivity contribution in [3.63, 3.8) is 0 Å². The normalized spacial score (nSPS) is 50.8. The third kappa shape index (κ3) is 2.60. The van der Waals surface area contributed by atoms with Gasteiger partial charge in [0.15, 0.2) is 0 Å². The lowest BCUT2D eigenvalue weighted by atomic mass is 9.41. The van der Waals surface area contributed by atoms with Gasteiger partial charge in [-0.1, -0.05) is 65.5 Å². The van der Waals surface area contributed by atoms with Crippen LogP contribution < -0.4 is 0 Å². The summed E-state index contributed by atoms with van der Waals surface area (Å²) in [6.45, 7) is 15.1. The van der Waals surface area contributed by atoms with Gasteiger partial charge in [0.05, 0.1) is 0 Å². The Morgan fingerprint density at radius 2 is 1.65 bits per heavy atom. The first-order valence-electron chi connectivity index (χ1n) is 12.2. The van der Waals surface area contributed by atoms with Crippen molar-refractivity contribution in [3.8, 4) is 0 Å². The van der Waals surface area contributed by atoms with Gasteiger partial charge in [0.1, 0.15) is 0 Å². The Morgan fingerprint density at radius 3 is 2.38 bits per heavy atom. The van der Waals surface area contributed by atoms with Crippen molar-refractivity contribution in [1.82, 2.24) is 0 Å². The standard InChI is InChI=1S/C26H44/c1-6-8-11-19-13-14-22-24-18(3)20(7-2)21-12-9-10-16-26(21,5)23(24)15-17-25(19,22)4/h19-24H,3,6-17H2,1-2,4-5H3/t19?,20-,21?,22?,23?,24?,25?,26?/m0/s1. The van der Waals surface area contributed by atoms with Crippen molar-refractivity contribution < 1.29 is 0 Å². The maximum Gasteiger partial charge on any atom is -0.0136 e. The van der Waals surface area contributed by atoms with Crippen LogP contribution in [-0.4, -0.2) is 0 Å². The molecule has 0 bridgehead atoms. The van der Waals surface area contributed by atoms with Crippen LogP contribution in [0.4, 0.5) is 0 Å². The second-order valence-electron chi connectivity index (χ2n) is 11.1. The molecule has 4 fully saturated rings. The summed E-state index contributed by atoms with van der Waals surface area (Å²) in [5, 5.41) is 0. The van der Waals surface area contributed by atoms with Crippen LogP contribution in [-0.2, 0) is 0 Å². The molecule has 0 saturated heterocycles. The van der Waals surface area contributed by atoms with E-state index >= 15 is 0 Å². The van der Waals surface area contributed by atoms with Gasteiger partial charge >= 0.3 is 0 Å². The van der Waals surface area contributed by atoms with Gasteiger partial charge in [-0.05, 0) is 97.7 Å². The highest BCUT2D eigenvalue weighted by Crippen LogP contribution is 2.70. The molecule has 0 heteroatoms. The van der Waals surface area contributed by atoms with Crippen molar-refractivity contribution >= 4 is 0 Å². The minimum Gasteiger partial charge on any atom is -0.0993 e. The zero-order valence-electron chi connectivity index (χ0n) is 18.2. The Labute approximate surface area is 163 Å². The summed E-state index contributed by atoms with van der Waals surface area (Å²) < 4.78 is 0. The summed E-state index contributed by atoms with van der Waals surface area (Å²) in [7, 11) is 0. The minimum atomic E-state index is 0.619. The Bertz CT molecular complexity index is 532. The van der Waals surface area contributed by atoms with Crippen LogP contribution in [0.3, 0.4) is 0 Å². The molecule has 8 atom stereocenters. The lowest BCUT2D eigenvalue weighted by Crippen LogP contribution is -2.56. The highest BCUT2D eigenvalue weighted by molar-refractivity contribution is 5.23. The minimum absolute atomic E-state index is 0.619. The Balaban J connectivity index is 1.66. The maximum absolute atomic E-state index is 4.85. The molecule has 4 saturated carbocycles. The molecule has 4 aliphatic carbocycles. The molecule has 0 aromatic carbocycles. The lowest BCUT2D eigenvalue weighted by molar-refractivity contribution is -0.105. The fraction of sp³-hybridized carbons (Fsp3) is 0.923. The number of fused-ring (bicyclic) bond motifs is 5. The molecule has 0 amide bonds. The second kappa shape index (κ2) is 6.97. The van der Waals surface area contributed by atoms with Crippen molar-refractivity contribution in [3.05, 3.63) is 12.2 Å². The number of allylic oxidation sites excluding steroid dienone is 1. The molecule has 0 nitrogen and oxygen atoms in total. The summed E-state index contributed by atoms with van der Waals surface area (Å²) in [5.41, 5.74) is 2.96. The first kappa shape index (κ1) is 19.1. The van der Waals surface area contributed by atoms with Gasteiger partial charge in [-0.25, -0.2) is 0 Å². The van der Waals surface area contributed by atoms with E-state index < -0.39 is 0 Å².